The first kappa shape index (κ1) is 9.92. The van der Waals surface area contributed by atoms with Crippen LogP contribution in [0.2, 0.25) is 5.15 Å². The molecule has 0 unspecified atom stereocenters. The molecule has 0 bridgehead atoms. The topological polar surface area (TPSA) is 63.1 Å². The average Bonchev–Trinajstić information content (AvgIpc) is 2.04. The van der Waals surface area contributed by atoms with Crippen LogP contribution in [0.15, 0.2) is 12.1 Å². The van der Waals surface area contributed by atoms with E-state index in [0.29, 0.717) is 5.69 Å². The Morgan fingerprint density at radius 2 is 2.08 bits per heavy atom. The van der Waals surface area contributed by atoms with Gasteiger partial charge in [0.25, 0.3) is 0 Å². The highest BCUT2D eigenvalue weighted by Crippen LogP contribution is 2.21. The molecule has 1 rings (SSSR count). The highest BCUT2D eigenvalue weighted by atomic mass is 35.5. The fourth-order valence-corrected chi connectivity index (χ4v) is 0.860. The first-order chi connectivity index (χ1) is 5.94. The lowest BCUT2D eigenvalue weighted by molar-refractivity contribution is -0.142. The van der Waals surface area contributed by atoms with Crippen LogP contribution in [0.3, 0.4) is 0 Å². The third-order valence-corrected chi connectivity index (χ3v) is 2.01. The third-order valence-electron chi connectivity index (χ3n) is 1.81. The van der Waals surface area contributed by atoms with Crippen molar-refractivity contribution in [3.8, 4) is 0 Å². The Morgan fingerprint density at radius 3 is 2.46 bits per heavy atom. The number of carboxylic acids is 1. The van der Waals surface area contributed by atoms with Crippen molar-refractivity contribution in [2.24, 2.45) is 0 Å². The molecule has 5 heteroatoms. The summed E-state index contributed by atoms with van der Waals surface area (Å²) in [6.07, 6.45) is 0. The molecule has 13 heavy (non-hydrogen) atoms. The lowest BCUT2D eigenvalue weighted by atomic mass is 9.89. The van der Waals surface area contributed by atoms with Gasteiger partial charge in [-0.3, -0.25) is 4.79 Å². The van der Waals surface area contributed by atoms with Gasteiger partial charge >= 0.3 is 5.97 Å². The van der Waals surface area contributed by atoms with Crippen LogP contribution in [0.4, 0.5) is 0 Å². The van der Waals surface area contributed by atoms with Crippen molar-refractivity contribution in [1.29, 1.82) is 0 Å². The highest BCUT2D eigenvalue weighted by Gasteiger charge is 2.31. The molecule has 0 saturated carbocycles. The molecule has 1 heterocycles. The van der Waals surface area contributed by atoms with E-state index in [-0.39, 0.29) is 5.15 Å². The standard InChI is InChI=1S/C8H9ClN2O2/c1-8(2,7(12)13)5-3-4-6(9)11-10-5/h3-4H,1-2H3,(H,12,13). The largest absolute Gasteiger partial charge is 0.481 e. The Bertz CT molecular complexity index is 321. The predicted octanol–water partition coefficient (Wildman–Crippen LogP) is 1.49. The Balaban J connectivity index is 3.08. The van der Waals surface area contributed by atoms with E-state index in [0.717, 1.165) is 0 Å². The first-order valence-electron chi connectivity index (χ1n) is 3.67. The number of carboxylic acid groups (broad SMARTS) is 1. The Morgan fingerprint density at radius 1 is 1.46 bits per heavy atom. The fourth-order valence-electron chi connectivity index (χ4n) is 0.759. The second-order valence-electron chi connectivity index (χ2n) is 3.17. The van der Waals surface area contributed by atoms with Gasteiger partial charge in [0.05, 0.1) is 5.69 Å². The van der Waals surface area contributed by atoms with Crippen molar-refractivity contribution in [2.75, 3.05) is 0 Å². The number of halogens is 1. The quantitative estimate of drug-likeness (QED) is 0.786. The van der Waals surface area contributed by atoms with Crippen LogP contribution in [0, 0.1) is 0 Å². The summed E-state index contributed by atoms with van der Waals surface area (Å²) < 4.78 is 0. The van der Waals surface area contributed by atoms with Gasteiger partial charge in [0.2, 0.25) is 0 Å². The van der Waals surface area contributed by atoms with Crippen LogP contribution in [-0.2, 0) is 10.2 Å². The normalized spacial score (nSPS) is 11.3. The SMILES string of the molecule is CC(C)(C(=O)O)c1ccc(Cl)nn1. The molecule has 0 spiro atoms. The van der Waals surface area contributed by atoms with E-state index in [1.54, 1.807) is 19.9 Å². The first-order valence-corrected chi connectivity index (χ1v) is 4.05. The molecule has 1 aromatic rings. The van der Waals surface area contributed by atoms with E-state index >= 15 is 0 Å². The minimum absolute atomic E-state index is 0.255. The molecule has 70 valence electrons. The predicted molar refractivity (Wildman–Crippen MR) is 47.7 cm³/mol. The van der Waals surface area contributed by atoms with E-state index in [9.17, 15) is 4.79 Å². The lowest BCUT2D eigenvalue weighted by Gasteiger charge is -2.16. The second-order valence-corrected chi connectivity index (χ2v) is 3.56. The molecule has 0 radical (unpaired) electrons. The molecule has 1 N–H and O–H groups in total. The van der Waals surface area contributed by atoms with Crippen molar-refractivity contribution >= 4 is 17.6 Å². The van der Waals surface area contributed by atoms with Gasteiger partial charge in [0, 0.05) is 0 Å². The molecule has 0 atom stereocenters. The maximum Gasteiger partial charge on any atom is 0.315 e. The summed E-state index contributed by atoms with van der Waals surface area (Å²) in [5.41, 5.74) is -0.637. The molecule has 0 aromatic carbocycles. The van der Waals surface area contributed by atoms with Crippen LogP contribution < -0.4 is 0 Å². The van der Waals surface area contributed by atoms with Gasteiger partial charge in [0.1, 0.15) is 5.41 Å². The summed E-state index contributed by atoms with van der Waals surface area (Å²) in [7, 11) is 0. The Labute approximate surface area is 80.6 Å². The van der Waals surface area contributed by atoms with Crippen molar-refractivity contribution < 1.29 is 9.90 Å². The molecule has 0 fully saturated rings. The number of hydrogen-bond donors (Lipinski definition) is 1. The summed E-state index contributed by atoms with van der Waals surface area (Å²) in [6, 6.07) is 3.08. The molecule has 0 amide bonds. The van der Waals surface area contributed by atoms with Gasteiger partial charge in [0.15, 0.2) is 5.15 Å². The molecule has 0 aliphatic heterocycles. The number of carbonyl (C=O) groups is 1. The van der Waals surface area contributed by atoms with Crippen LogP contribution in [-0.4, -0.2) is 21.3 Å². The van der Waals surface area contributed by atoms with Crippen LogP contribution in [0.1, 0.15) is 19.5 Å². The minimum Gasteiger partial charge on any atom is -0.481 e. The van der Waals surface area contributed by atoms with Crippen LogP contribution >= 0.6 is 11.6 Å². The van der Waals surface area contributed by atoms with E-state index in [1.165, 1.54) is 6.07 Å². The van der Waals surface area contributed by atoms with Gasteiger partial charge in [-0.05, 0) is 26.0 Å². The fraction of sp³-hybridized carbons (Fsp3) is 0.375. The van der Waals surface area contributed by atoms with Crippen molar-refractivity contribution in [1.82, 2.24) is 10.2 Å². The molecule has 1 aromatic heterocycles. The number of hydrogen-bond acceptors (Lipinski definition) is 3. The lowest BCUT2D eigenvalue weighted by Crippen LogP contribution is -2.29. The van der Waals surface area contributed by atoms with Gasteiger partial charge in [-0.1, -0.05) is 11.6 Å². The van der Waals surface area contributed by atoms with Crippen LogP contribution in [0.5, 0.6) is 0 Å². The zero-order valence-electron chi connectivity index (χ0n) is 7.28. The maximum atomic E-state index is 10.8. The van der Waals surface area contributed by atoms with Crippen molar-refractivity contribution in [3.63, 3.8) is 0 Å². The number of aliphatic carboxylic acids is 1. The zero-order valence-corrected chi connectivity index (χ0v) is 8.04. The molecular formula is C8H9ClN2O2. The average molecular weight is 201 g/mol. The van der Waals surface area contributed by atoms with E-state index < -0.39 is 11.4 Å². The summed E-state index contributed by atoms with van der Waals surface area (Å²) in [5, 5.41) is 16.4. The molecular weight excluding hydrogens is 192 g/mol. The maximum absolute atomic E-state index is 10.8. The summed E-state index contributed by atoms with van der Waals surface area (Å²) in [4.78, 5) is 10.8. The summed E-state index contributed by atoms with van der Waals surface area (Å²) in [6.45, 7) is 3.13. The van der Waals surface area contributed by atoms with Crippen molar-refractivity contribution in [3.05, 3.63) is 23.0 Å². The molecule has 0 saturated heterocycles. The summed E-state index contributed by atoms with van der Waals surface area (Å²) in [5.74, 6) is -0.941. The third kappa shape index (κ3) is 1.95. The number of nitrogens with zero attached hydrogens (tertiary/aromatic N) is 2. The monoisotopic (exact) mass is 200 g/mol. The van der Waals surface area contributed by atoms with Crippen LogP contribution in [0.25, 0.3) is 0 Å². The second kappa shape index (κ2) is 3.30. The molecule has 4 nitrogen and oxygen atoms in total. The Kier molecular flexibility index (Phi) is 2.52. The number of aromatic nitrogens is 2. The summed E-state index contributed by atoms with van der Waals surface area (Å²) >= 11 is 5.52. The van der Waals surface area contributed by atoms with E-state index in [2.05, 4.69) is 10.2 Å². The van der Waals surface area contributed by atoms with E-state index in [1.807, 2.05) is 0 Å². The zero-order chi connectivity index (χ0) is 10.1. The molecule has 0 aliphatic carbocycles. The van der Waals surface area contributed by atoms with Gasteiger partial charge in [-0.15, -0.1) is 5.10 Å². The van der Waals surface area contributed by atoms with E-state index in [4.69, 9.17) is 16.7 Å². The van der Waals surface area contributed by atoms with Gasteiger partial charge in [-0.2, -0.15) is 5.10 Å². The van der Waals surface area contributed by atoms with Crippen molar-refractivity contribution in [2.45, 2.75) is 19.3 Å². The van der Waals surface area contributed by atoms with Gasteiger partial charge in [-0.25, -0.2) is 0 Å². The van der Waals surface area contributed by atoms with Gasteiger partial charge < -0.3 is 5.11 Å². The number of rotatable bonds is 2. The minimum atomic E-state index is -1.03. The molecule has 0 aliphatic rings. The Hall–Kier alpha value is -1.16. The smallest absolute Gasteiger partial charge is 0.315 e. The highest BCUT2D eigenvalue weighted by molar-refractivity contribution is 6.29.